The number of imidazole rings is 1. The molecule has 3 heterocycles. The molecular weight excluding hydrogens is 363 g/mol. The molecular formula is C21H18ClFN4. The molecule has 4 nitrogen and oxygen atoms in total. The first-order valence-corrected chi connectivity index (χ1v) is 9.36. The number of benzene rings is 2. The van der Waals surface area contributed by atoms with Gasteiger partial charge in [0.15, 0.2) is 0 Å². The third-order valence-corrected chi connectivity index (χ3v) is 5.64. The Hall–Kier alpha value is -2.63. The number of aromatic amines is 2. The van der Waals surface area contributed by atoms with Crippen molar-refractivity contribution in [3.05, 3.63) is 88.3 Å². The van der Waals surface area contributed by atoms with Crippen LogP contribution < -0.4 is 0 Å². The zero-order valence-corrected chi connectivity index (χ0v) is 15.3. The maximum Gasteiger partial charge on any atom is 0.129 e. The molecule has 0 spiro atoms. The quantitative estimate of drug-likeness (QED) is 0.534. The van der Waals surface area contributed by atoms with E-state index in [1.807, 2.05) is 12.1 Å². The summed E-state index contributed by atoms with van der Waals surface area (Å²) in [5.41, 5.74) is 3.84. The van der Waals surface area contributed by atoms with E-state index >= 15 is 0 Å². The number of fused-ring (bicyclic) bond motifs is 3. The van der Waals surface area contributed by atoms with Gasteiger partial charge in [-0.05, 0) is 30.2 Å². The highest BCUT2D eigenvalue weighted by atomic mass is 35.5. The largest absolute Gasteiger partial charge is 0.357 e. The third kappa shape index (κ3) is 2.74. The number of hydrogen-bond acceptors (Lipinski definition) is 2. The molecule has 0 aliphatic carbocycles. The van der Waals surface area contributed by atoms with Gasteiger partial charge in [0.25, 0.3) is 0 Å². The summed E-state index contributed by atoms with van der Waals surface area (Å²) in [6.07, 6.45) is 4.43. The predicted molar refractivity (Wildman–Crippen MR) is 104 cm³/mol. The molecule has 0 saturated carbocycles. The van der Waals surface area contributed by atoms with E-state index in [9.17, 15) is 4.39 Å². The van der Waals surface area contributed by atoms with Gasteiger partial charge in [-0.3, -0.25) is 4.90 Å². The minimum atomic E-state index is -0.292. The van der Waals surface area contributed by atoms with Crippen molar-refractivity contribution in [2.75, 3.05) is 6.54 Å². The maximum absolute atomic E-state index is 14.9. The van der Waals surface area contributed by atoms with Crippen molar-refractivity contribution in [3.8, 4) is 0 Å². The molecule has 5 rings (SSSR count). The Morgan fingerprint density at radius 1 is 1.19 bits per heavy atom. The van der Waals surface area contributed by atoms with Gasteiger partial charge in [-0.25, -0.2) is 9.37 Å². The number of H-pyrrole nitrogens is 2. The molecule has 2 aromatic carbocycles. The van der Waals surface area contributed by atoms with Gasteiger partial charge >= 0.3 is 0 Å². The van der Waals surface area contributed by atoms with Crippen LogP contribution in [0.3, 0.4) is 0 Å². The van der Waals surface area contributed by atoms with Crippen molar-refractivity contribution in [2.24, 2.45) is 0 Å². The van der Waals surface area contributed by atoms with Crippen LogP contribution in [0.25, 0.3) is 10.9 Å². The van der Waals surface area contributed by atoms with Crippen LogP contribution in [-0.4, -0.2) is 26.4 Å². The monoisotopic (exact) mass is 380 g/mol. The molecule has 4 aromatic rings. The number of nitrogens with zero attached hydrogens (tertiary/aromatic N) is 2. The fourth-order valence-electron chi connectivity index (χ4n) is 4.14. The average molecular weight is 381 g/mol. The first kappa shape index (κ1) is 16.5. The number of para-hydroxylation sites is 1. The van der Waals surface area contributed by atoms with E-state index in [0.717, 1.165) is 30.0 Å². The second kappa shape index (κ2) is 6.51. The number of nitrogens with one attached hydrogen (secondary N) is 2. The van der Waals surface area contributed by atoms with Crippen molar-refractivity contribution in [3.63, 3.8) is 0 Å². The summed E-state index contributed by atoms with van der Waals surface area (Å²) >= 11 is 6.47. The lowest BCUT2D eigenvalue weighted by molar-refractivity contribution is 0.194. The smallest absolute Gasteiger partial charge is 0.129 e. The van der Waals surface area contributed by atoms with Crippen molar-refractivity contribution >= 4 is 22.5 Å². The Morgan fingerprint density at radius 2 is 2.07 bits per heavy atom. The Morgan fingerprint density at radius 3 is 2.89 bits per heavy atom. The molecule has 1 atom stereocenters. The summed E-state index contributed by atoms with van der Waals surface area (Å²) < 4.78 is 14.9. The molecule has 0 radical (unpaired) electrons. The summed E-state index contributed by atoms with van der Waals surface area (Å²) in [7, 11) is 0. The van der Waals surface area contributed by atoms with E-state index in [4.69, 9.17) is 11.6 Å². The normalized spacial score (nSPS) is 17.3. The molecule has 6 heteroatoms. The van der Waals surface area contributed by atoms with Gasteiger partial charge in [-0.1, -0.05) is 35.9 Å². The van der Waals surface area contributed by atoms with Gasteiger partial charge in [0.2, 0.25) is 0 Å². The molecule has 0 saturated heterocycles. The van der Waals surface area contributed by atoms with E-state index in [0.29, 0.717) is 17.1 Å². The lowest BCUT2D eigenvalue weighted by Gasteiger charge is -2.36. The molecule has 2 aromatic heterocycles. The van der Waals surface area contributed by atoms with Crippen LogP contribution in [-0.2, 0) is 13.0 Å². The van der Waals surface area contributed by atoms with Gasteiger partial charge in [0.1, 0.15) is 11.6 Å². The predicted octanol–water partition coefficient (Wildman–Crippen LogP) is 4.83. The van der Waals surface area contributed by atoms with Crippen LogP contribution in [0, 0.1) is 5.82 Å². The fourth-order valence-corrected chi connectivity index (χ4v) is 4.40. The number of halogens is 2. The lowest BCUT2D eigenvalue weighted by atomic mass is 9.92. The Kier molecular flexibility index (Phi) is 3.99. The van der Waals surface area contributed by atoms with Crippen LogP contribution in [0.2, 0.25) is 5.02 Å². The summed E-state index contributed by atoms with van der Waals surface area (Å²) in [4.78, 5) is 13.2. The van der Waals surface area contributed by atoms with Crippen molar-refractivity contribution in [1.29, 1.82) is 0 Å². The van der Waals surface area contributed by atoms with Crippen LogP contribution in [0.5, 0.6) is 0 Å². The minimum absolute atomic E-state index is 0.288. The highest BCUT2D eigenvalue weighted by Crippen LogP contribution is 2.42. The zero-order valence-electron chi connectivity index (χ0n) is 14.5. The molecule has 0 bridgehead atoms. The Bertz CT molecular complexity index is 1080. The number of hydrogen-bond donors (Lipinski definition) is 2. The molecule has 1 aliphatic heterocycles. The van der Waals surface area contributed by atoms with Crippen LogP contribution in [0.4, 0.5) is 4.39 Å². The van der Waals surface area contributed by atoms with Crippen molar-refractivity contribution in [2.45, 2.75) is 19.0 Å². The lowest BCUT2D eigenvalue weighted by Crippen LogP contribution is -2.36. The highest BCUT2D eigenvalue weighted by molar-refractivity contribution is 6.31. The summed E-state index contributed by atoms with van der Waals surface area (Å²) in [6.45, 7) is 1.39. The van der Waals surface area contributed by atoms with Gasteiger partial charge in [0, 0.05) is 46.1 Å². The van der Waals surface area contributed by atoms with Crippen molar-refractivity contribution in [1.82, 2.24) is 19.9 Å². The van der Waals surface area contributed by atoms with Crippen LogP contribution in [0.15, 0.2) is 54.9 Å². The van der Waals surface area contributed by atoms with E-state index in [1.54, 1.807) is 24.5 Å². The topological polar surface area (TPSA) is 47.7 Å². The van der Waals surface area contributed by atoms with E-state index in [2.05, 4.69) is 32.0 Å². The molecule has 27 heavy (non-hydrogen) atoms. The molecule has 136 valence electrons. The molecule has 1 unspecified atom stereocenters. The SMILES string of the molecule is Fc1cccc(Cl)c1C1c2[nH]c3ccccc3c2CCN1Cc1ncc[nH]1. The Balaban J connectivity index is 1.70. The number of rotatable bonds is 3. The van der Waals surface area contributed by atoms with E-state index in [1.165, 1.54) is 17.0 Å². The summed E-state index contributed by atoms with van der Waals surface area (Å²) in [5, 5.41) is 1.64. The molecule has 2 N–H and O–H groups in total. The highest BCUT2D eigenvalue weighted by Gasteiger charge is 2.34. The second-order valence-electron chi connectivity index (χ2n) is 6.86. The minimum Gasteiger partial charge on any atom is -0.357 e. The second-order valence-corrected chi connectivity index (χ2v) is 7.26. The molecule has 1 aliphatic rings. The average Bonchev–Trinajstić information content (AvgIpc) is 3.30. The van der Waals surface area contributed by atoms with Gasteiger partial charge < -0.3 is 9.97 Å². The molecule has 0 fully saturated rings. The summed E-state index contributed by atoms with van der Waals surface area (Å²) in [5.74, 6) is 0.565. The molecule has 0 amide bonds. The van der Waals surface area contributed by atoms with Crippen LogP contribution >= 0.6 is 11.6 Å². The van der Waals surface area contributed by atoms with E-state index in [-0.39, 0.29) is 11.9 Å². The van der Waals surface area contributed by atoms with Crippen molar-refractivity contribution < 1.29 is 4.39 Å². The summed E-state index contributed by atoms with van der Waals surface area (Å²) in [6, 6.07) is 12.8. The third-order valence-electron chi connectivity index (χ3n) is 5.32. The number of aromatic nitrogens is 3. The van der Waals surface area contributed by atoms with Gasteiger partial charge in [-0.2, -0.15) is 0 Å². The maximum atomic E-state index is 14.9. The van der Waals surface area contributed by atoms with Gasteiger partial charge in [0.05, 0.1) is 12.6 Å². The first-order valence-electron chi connectivity index (χ1n) is 8.98. The van der Waals surface area contributed by atoms with E-state index < -0.39 is 0 Å². The fraction of sp³-hybridized carbons (Fsp3) is 0.190. The Labute approximate surface area is 161 Å². The van der Waals surface area contributed by atoms with Gasteiger partial charge in [-0.15, -0.1) is 0 Å². The first-order chi connectivity index (χ1) is 13.2. The zero-order chi connectivity index (χ0) is 18.4. The van der Waals surface area contributed by atoms with Crippen LogP contribution in [0.1, 0.15) is 28.7 Å². The standard InChI is InChI=1S/C21H18ClFN4/c22-15-5-3-6-16(23)19(15)21-20-14(13-4-1-2-7-17(13)26-20)8-11-27(21)12-18-24-9-10-25-18/h1-7,9-10,21,26H,8,11-12H2,(H,24,25).